The Morgan fingerprint density at radius 3 is 3.00 bits per heavy atom. The summed E-state index contributed by atoms with van der Waals surface area (Å²) in [6.45, 7) is 0.807. The number of hydrogen-bond donors (Lipinski definition) is 0. The van der Waals surface area contributed by atoms with Crippen LogP contribution in [0.3, 0.4) is 0 Å². The fourth-order valence-corrected chi connectivity index (χ4v) is 2.10. The van der Waals surface area contributed by atoms with Crippen LogP contribution in [0.25, 0.3) is 0 Å². The molecule has 1 aromatic carbocycles. The van der Waals surface area contributed by atoms with Crippen LogP contribution in [-0.4, -0.2) is 9.55 Å². The Balaban J connectivity index is 2.22. The van der Waals surface area contributed by atoms with Gasteiger partial charge < -0.3 is 4.57 Å². The molecule has 15 heavy (non-hydrogen) atoms. The predicted octanol–water partition coefficient (Wildman–Crippen LogP) is 3.43. The van der Waals surface area contributed by atoms with E-state index < -0.39 is 0 Å². The fraction of sp³-hybridized carbons (Fsp3) is 0.182. The van der Waals surface area contributed by atoms with Gasteiger partial charge in [-0.1, -0.05) is 28.1 Å². The van der Waals surface area contributed by atoms with E-state index in [0.717, 1.165) is 16.7 Å². The van der Waals surface area contributed by atoms with Crippen LogP contribution in [0.4, 0.5) is 0 Å². The van der Waals surface area contributed by atoms with Crippen molar-refractivity contribution >= 4 is 27.5 Å². The van der Waals surface area contributed by atoms with Crippen molar-refractivity contribution in [2.75, 3.05) is 0 Å². The van der Waals surface area contributed by atoms with Crippen molar-refractivity contribution < 1.29 is 0 Å². The van der Waals surface area contributed by atoms with E-state index >= 15 is 0 Å². The van der Waals surface area contributed by atoms with Gasteiger partial charge in [0.15, 0.2) is 0 Å². The zero-order valence-corrected chi connectivity index (χ0v) is 10.4. The summed E-state index contributed by atoms with van der Waals surface area (Å²) in [6.07, 6.45) is 3.60. The van der Waals surface area contributed by atoms with Gasteiger partial charge in [0.05, 0.1) is 17.9 Å². The Kier molecular flexibility index (Phi) is 3.44. The molecule has 2 rings (SSSR count). The molecule has 0 aliphatic rings. The van der Waals surface area contributed by atoms with E-state index in [4.69, 9.17) is 11.6 Å². The summed E-state index contributed by atoms with van der Waals surface area (Å²) in [6, 6.07) is 8.22. The lowest BCUT2D eigenvalue weighted by molar-refractivity contribution is 0.764. The molecule has 4 heteroatoms. The largest absolute Gasteiger partial charge is 0.329 e. The number of benzene rings is 1. The first kappa shape index (κ1) is 10.7. The van der Waals surface area contributed by atoms with Gasteiger partial charge in [-0.05, 0) is 17.7 Å². The molecule has 0 saturated heterocycles. The Bertz CT molecular complexity index is 453. The lowest BCUT2D eigenvalue weighted by Crippen LogP contribution is -2.01. The molecule has 0 atom stereocenters. The highest BCUT2D eigenvalue weighted by Crippen LogP contribution is 2.14. The first-order valence-corrected chi connectivity index (χ1v) is 5.92. The highest BCUT2D eigenvalue weighted by atomic mass is 79.9. The van der Waals surface area contributed by atoms with E-state index in [-0.39, 0.29) is 0 Å². The second-order valence-electron chi connectivity index (χ2n) is 3.28. The first-order valence-electron chi connectivity index (χ1n) is 4.59. The summed E-state index contributed by atoms with van der Waals surface area (Å²) in [5.74, 6) is 0.494. The fourth-order valence-electron chi connectivity index (χ4n) is 1.43. The summed E-state index contributed by atoms with van der Waals surface area (Å²) in [7, 11) is 0. The minimum absolute atomic E-state index is 0.494. The molecule has 0 unspecified atom stereocenters. The molecule has 2 nitrogen and oxygen atoms in total. The molecule has 0 amide bonds. The third kappa shape index (κ3) is 2.61. The zero-order chi connectivity index (χ0) is 10.7. The molecule has 0 aliphatic carbocycles. The molecule has 78 valence electrons. The van der Waals surface area contributed by atoms with Crippen molar-refractivity contribution in [2.24, 2.45) is 0 Å². The van der Waals surface area contributed by atoms with Gasteiger partial charge >= 0.3 is 0 Å². The SMILES string of the molecule is ClCc1cncn1Cc1cccc(Br)c1. The Morgan fingerprint density at radius 1 is 1.40 bits per heavy atom. The summed E-state index contributed by atoms with van der Waals surface area (Å²) < 4.78 is 3.14. The van der Waals surface area contributed by atoms with Crippen LogP contribution in [-0.2, 0) is 12.4 Å². The van der Waals surface area contributed by atoms with Crippen LogP contribution >= 0.6 is 27.5 Å². The molecule has 0 bridgehead atoms. The van der Waals surface area contributed by atoms with Gasteiger partial charge in [0, 0.05) is 17.2 Å². The summed E-state index contributed by atoms with van der Waals surface area (Å²) in [5, 5.41) is 0. The van der Waals surface area contributed by atoms with Crippen LogP contribution in [0.15, 0.2) is 41.3 Å². The smallest absolute Gasteiger partial charge is 0.0951 e. The van der Waals surface area contributed by atoms with E-state index in [1.165, 1.54) is 5.56 Å². The van der Waals surface area contributed by atoms with Crippen LogP contribution in [0.1, 0.15) is 11.3 Å². The van der Waals surface area contributed by atoms with Crippen molar-refractivity contribution in [2.45, 2.75) is 12.4 Å². The van der Waals surface area contributed by atoms with E-state index in [0.29, 0.717) is 5.88 Å². The molecule has 0 spiro atoms. The number of rotatable bonds is 3. The van der Waals surface area contributed by atoms with Gasteiger partial charge in [0.25, 0.3) is 0 Å². The molecule has 1 aromatic heterocycles. The molecular formula is C11H10BrClN2. The molecule has 0 radical (unpaired) electrons. The monoisotopic (exact) mass is 284 g/mol. The molecule has 0 aliphatic heterocycles. The molecule has 2 aromatic rings. The van der Waals surface area contributed by atoms with Crippen molar-refractivity contribution in [3.63, 3.8) is 0 Å². The van der Waals surface area contributed by atoms with Gasteiger partial charge in [0.2, 0.25) is 0 Å². The number of halogens is 2. The summed E-state index contributed by atoms with van der Waals surface area (Å²) in [4.78, 5) is 4.08. The number of hydrogen-bond acceptors (Lipinski definition) is 1. The van der Waals surface area contributed by atoms with Gasteiger partial charge in [-0.3, -0.25) is 0 Å². The summed E-state index contributed by atoms with van der Waals surface area (Å²) in [5.41, 5.74) is 2.27. The van der Waals surface area contributed by atoms with Crippen molar-refractivity contribution in [3.8, 4) is 0 Å². The number of alkyl halides is 1. The maximum Gasteiger partial charge on any atom is 0.0951 e. The maximum atomic E-state index is 5.80. The Morgan fingerprint density at radius 2 is 2.27 bits per heavy atom. The Hall–Kier alpha value is -0.800. The second kappa shape index (κ2) is 4.81. The first-order chi connectivity index (χ1) is 7.29. The third-order valence-electron chi connectivity index (χ3n) is 2.18. The normalized spacial score (nSPS) is 10.5. The van der Waals surface area contributed by atoms with Gasteiger partial charge in [0.1, 0.15) is 0 Å². The van der Waals surface area contributed by atoms with Gasteiger partial charge in [-0.2, -0.15) is 0 Å². The van der Waals surface area contributed by atoms with Gasteiger partial charge in [-0.15, -0.1) is 11.6 Å². The molecule has 0 saturated carbocycles. The molecule has 0 fully saturated rings. The summed E-state index contributed by atoms with van der Waals surface area (Å²) >= 11 is 9.25. The predicted molar refractivity (Wildman–Crippen MR) is 65.0 cm³/mol. The Labute approximate surface area is 102 Å². The van der Waals surface area contributed by atoms with Crippen molar-refractivity contribution in [1.82, 2.24) is 9.55 Å². The molecular weight excluding hydrogens is 275 g/mol. The minimum atomic E-state index is 0.494. The average molecular weight is 286 g/mol. The van der Waals surface area contributed by atoms with Crippen LogP contribution in [0, 0.1) is 0 Å². The number of aromatic nitrogens is 2. The van der Waals surface area contributed by atoms with Gasteiger partial charge in [-0.25, -0.2) is 4.98 Å². The number of imidazole rings is 1. The van der Waals surface area contributed by atoms with E-state index in [2.05, 4.69) is 37.6 Å². The van der Waals surface area contributed by atoms with Crippen LogP contribution in [0.2, 0.25) is 0 Å². The highest BCUT2D eigenvalue weighted by molar-refractivity contribution is 9.10. The maximum absolute atomic E-state index is 5.80. The molecule has 0 N–H and O–H groups in total. The quantitative estimate of drug-likeness (QED) is 0.790. The van der Waals surface area contributed by atoms with Crippen LogP contribution in [0.5, 0.6) is 0 Å². The average Bonchev–Trinajstić information content (AvgIpc) is 2.65. The number of nitrogens with zero attached hydrogens (tertiary/aromatic N) is 2. The van der Waals surface area contributed by atoms with Crippen molar-refractivity contribution in [1.29, 1.82) is 0 Å². The third-order valence-corrected chi connectivity index (χ3v) is 2.94. The molecule has 1 heterocycles. The lowest BCUT2D eigenvalue weighted by atomic mass is 10.2. The highest BCUT2D eigenvalue weighted by Gasteiger charge is 2.01. The van der Waals surface area contributed by atoms with E-state index in [1.54, 1.807) is 12.5 Å². The standard InChI is InChI=1S/C11H10BrClN2/c12-10-3-1-2-9(4-10)7-15-8-14-6-11(15)5-13/h1-4,6,8H,5,7H2. The zero-order valence-electron chi connectivity index (χ0n) is 8.03. The minimum Gasteiger partial charge on any atom is -0.329 e. The van der Waals surface area contributed by atoms with E-state index in [9.17, 15) is 0 Å². The topological polar surface area (TPSA) is 17.8 Å². The lowest BCUT2D eigenvalue weighted by Gasteiger charge is -2.06. The van der Waals surface area contributed by atoms with Crippen molar-refractivity contribution in [3.05, 3.63) is 52.5 Å². The van der Waals surface area contributed by atoms with E-state index in [1.807, 2.05) is 12.1 Å². The van der Waals surface area contributed by atoms with Crippen LogP contribution < -0.4 is 0 Å². The second-order valence-corrected chi connectivity index (χ2v) is 4.46.